The van der Waals surface area contributed by atoms with E-state index < -0.39 is 10.3 Å². The average molecular weight is 307 g/mol. The van der Waals surface area contributed by atoms with E-state index in [1.807, 2.05) is 0 Å². The molecule has 0 heterocycles. The Morgan fingerprint density at radius 1 is 1.24 bits per heavy atom. The van der Waals surface area contributed by atoms with E-state index in [1.165, 1.54) is 12.5 Å². The Kier molecular flexibility index (Phi) is 5.19. The van der Waals surface area contributed by atoms with Crippen molar-refractivity contribution < 1.29 is 4.92 Å². The summed E-state index contributed by atoms with van der Waals surface area (Å²) in [6.07, 6.45) is 7.65. The van der Waals surface area contributed by atoms with Gasteiger partial charge in [0.25, 0.3) is 5.69 Å². The topological polar surface area (TPSA) is 66.9 Å². The Hall–Kier alpha value is -1.60. The third kappa shape index (κ3) is 3.95. The van der Waals surface area contributed by atoms with Gasteiger partial charge in [-0.25, -0.2) is 0 Å². The van der Waals surface area contributed by atoms with Crippen molar-refractivity contribution in [2.45, 2.75) is 51.4 Å². The van der Waals surface area contributed by atoms with Crippen LogP contribution in [0.4, 0.5) is 5.69 Å². The van der Waals surface area contributed by atoms with Gasteiger partial charge in [-0.2, -0.15) is 5.26 Å². The zero-order valence-electron chi connectivity index (χ0n) is 12.0. The molecule has 1 fully saturated rings. The normalized spacial score (nSPS) is 18.3. The number of hydrogen-bond acceptors (Lipinski definition) is 3. The zero-order valence-corrected chi connectivity index (χ0v) is 12.7. The Morgan fingerprint density at radius 2 is 1.86 bits per heavy atom. The first-order valence-electron chi connectivity index (χ1n) is 7.40. The maximum absolute atomic E-state index is 11.2. The Balaban J connectivity index is 2.29. The molecule has 112 valence electrons. The predicted octanol–water partition coefficient (Wildman–Crippen LogP) is 5.04. The monoisotopic (exact) mass is 306 g/mol. The second kappa shape index (κ2) is 6.91. The molecule has 0 bridgehead atoms. The lowest BCUT2D eigenvalue weighted by Crippen LogP contribution is -2.23. The van der Waals surface area contributed by atoms with Crippen LogP contribution in [-0.2, 0) is 6.42 Å². The van der Waals surface area contributed by atoms with Gasteiger partial charge in [-0.05, 0) is 25.3 Å². The van der Waals surface area contributed by atoms with Gasteiger partial charge in [-0.3, -0.25) is 10.1 Å². The van der Waals surface area contributed by atoms with E-state index in [0.717, 1.165) is 38.5 Å². The van der Waals surface area contributed by atoms with Crippen molar-refractivity contribution in [2.75, 3.05) is 0 Å². The summed E-state index contributed by atoms with van der Waals surface area (Å²) in [5.74, 6) is 0. The van der Waals surface area contributed by atoms with E-state index in [-0.39, 0.29) is 5.69 Å². The summed E-state index contributed by atoms with van der Waals surface area (Å²) in [5, 5.41) is 21.2. The molecule has 0 spiro atoms. The number of benzene rings is 1. The second-order valence-corrected chi connectivity index (χ2v) is 6.30. The fourth-order valence-corrected chi connectivity index (χ4v) is 3.30. The largest absolute Gasteiger partial charge is 0.274 e. The number of rotatable bonds is 3. The molecule has 0 N–H and O–H groups in total. The molecule has 1 aromatic carbocycles. The van der Waals surface area contributed by atoms with Crippen LogP contribution in [0.3, 0.4) is 0 Å². The van der Waals surface area contributed by atoms with E-state index >= 15 is 0 Å². The maximum atomic E-state index is 11.2. The smallest absolute Gasteiger partial charge is 0.258 e. The van der Waals surface area contributed by atoms with Gasteiger partial charge in [0.2, 0.25) is 0 Å². The lowest BCUT2D eigenvalue weighted by atomic mass is 9.73. The molecule has 0 aliphatic heterocycles. The lowest BCUT2D eigenvalue weighted by Gasteiger charge is -2.28. The number of halogens is 1. The summed E-state index contributed by atoms with van der Waals surface area (Å²) < 4.78 is 0. The van der Waals surface area contributed by atoms with Crippen LogP contribution in [0.1, 0.15) is 50.5 Å². The molecule has 21 heavy (non-hydrogen) atoms. The van der Waals surface area contributed by atoms with Crippen molar-refractivity contribution in [2.24, 2.45) is 5.41 Å². The van der Waals surface area contributed by atoms with Crippen LogP contribution in [-0.4, -0.2) is 4.92 Å². The number of nitro benzene ring substituents is 1. The first-order chi connectivity index (χ1) is 10.1. The van der Waals surface area contributed by atoms with E-state index in [4.69, 9.17) is 11.6 Å². The SMILES string of the molecule is N#CC1(Cc2ccc(Cl)cc2[N+](=O)[O-])CCCCCCC1. The Labute approximate surface area is 129 Å². The van der Waals surface area contributed by atoms with Crippen LogP contribution in [0.5, 0.6) is 0 Å². The van der Waals surface area contributed by atoms with Crippen LogP contribution in [0.15, 0.2) is 18.2 Å². The molecule has 2 rings (SSSR count). The molecule has 0 amide bonds. The lowest BCUT2D eigenvalue weighted by molar-refractivity contribution is -0.385. The minimum Gasteiger partial charge on any atom is -0.258 e. The van der Waals surface area contributed by atoms with Gasteiger partial charge >= 0.3 is 0 Å². The third-order valence-electron chi connectivity index (χ3n) is 4.32. The molecular formula is C16H19ClN2O2. The molecule has 1 aliphatic carbocycles. The fraction of sp³-hybridized carbons (Fsp3) is 0.562. The number of nitro groups is 1. The molecule has 0 atom stereocenters. The molecule has 5 heteroatoms. The van der Waals surface area contributed by atoms with Crippen LogP contribution < -0.4 is 0 Å². The van der Waals surface area contributed by atoms with Crippen LogP contribution in [0.25, 0.3) is 0 Å². The highest BCUT2D eigenvalue weighted by Gasteiger charge is 2.33. The zero-order chi connectivity index (χ0) is 15.3. The van der Waals surface area contributed by atoms with Crippen LogP contribution in [0, 0.1) is 26.9 Å². The molecule has 0 aromatic heterocycles. The van der Waals surface area contributed by atoms with E-state index in [2.05, 4.69) is 6.07 Å². The highest BCUT2D eigenvalue weighted by Crippen LogP contribution is 2.39. The molecule has 1 aliphatic rings. The average Bonchev–Trinajstić information content (AvgIpc) is 2.43. The van der Waals surface area contributed by atoms with Gasteiger partial charge in [0, 0.05) is 16.7 Å². The maximum Gasteiger partial charge on any atom is 0.274 e. The Morgan fingerprint density at radius 3 is 2.43 bits per heavy atom. The number of nitriles is 1. The predicted molar refractivity (Wildman–Crippen MR) is 82.2 cm³/mol. The van der Waals surface area contributed by atoms with Crippen LogP contribution in [0.2, 0.25) is 5.02 Å². The summed E-state index contributed by atoms with van der Waals surface area (Å²) in [5.41, 5.74) is 0.171. The molecule has 1 aromatic rings. The summed E-state index contributed by atoms with van der Waals surface area (Å²) in [6.45, 7) is 0. The standard InChI is InChI=1S/C16H19ClN2O2/c17-14-7-6-13(15(10-14)19(20)21)11-16(12-18)8-4-2-1-3-5-9-16/h6-7,10H,1-5,8-9,11H2. The van der Waals surface area contributed by atoms with Crippen molar-refractivity contribution >= 4 is 17.3 Å². The van der Waals surface area contributed by atoms with Gasteiger partial charge in [0.15, 0.2) is 0 Å². The van der Waals surface area contributed by atoms with E-state index in [0.29, 0.717) is 17.0 Å². The van der Waals surface area contributed by atoms with Crippen molar-refractivity contribution in [1.29, 1.82) is 5.26 Å². The summed E-state index contributed by atoms with van der Waals surface area (Å²) in [6, 6.07) is 7.20. The van der Waals surface area contributed by atoms with Crippen molar-refractivity contribution in [1.82, 2.24) is 0 Å². The quantitative estimate of drug-likeness (QED) is 0.580. The minimum absolute atomic E-state index is 0.0270. The van der Waals surface area contributed by atoms with Gasteiger partial charge in [0.1, 0.15) is 0 Å². The van der Waals surface area contributed by atoms with Gasteiger partial charge < -0.3 is 0 Å². The summed E-state index contributed by atoms with van der Waals surface area (Å²) in [4.78, 5) is 10.8. The first-order valence-corrected chi connectivity index (χ1v) is 7.78. The molecule has 0 radical (unpaired) electrons. The molecule has 0 unspecified atom stereocenters. The number of nitrogens with zero attached hydrogens (tertiary/aromatic N) is 2. The van der Waals surface area contributed by atoms with Gasteiger partial charge in [-0.15, -0.1) is 0 Å². The van der Waals surface area contributed by atoms with Crippen molar-refractivity contribution in [3.63, 3.8) is 0 Å². The number of hydrogen-bond donors (Lipinski definition) is 0. The summed E-state index contributed by atoms with van der Waals surface area (Å²) in [7, 11) is 0. The fourth-order valence-electron chi connectivity index (χ4n) is 3.13. The van der Waals surface area contributed by atoms with E-state index in [1.54, 1.807) is 12.1 Å². The Bertz CT molecular complexity index is 558. The molecule has 4 nitrogen and oxygen atoms in total. The molecular weight excluding hydrogens is 288 g/mol. The van der Waals surface area contributed by atoms with E-state index in [9.17, 15) is 15.4 Å². The minimum atomic E-state index is -0.473. The highest BCUT2D eigenvalue weighted by molar-refractivity contribution is 6.30. The molecule has 0 saturated heterocycles. The highest BCUT2D eigenvalue weighted by atomic mass is 35.5. The third-order valence-corrected chi connectivity index (χ3v) is 4.56. The van der Waals surface area contributed by atoms with Gasteiger partial charge in [-0.1, -0.05) is 49.8 Å². The van der Waals surface area contributed by atoms with Crippen molar-refractivity contribution in [3.05, 3.63) is 38.9 Å². The first kappa shape index (κ1) is 15.8. The second-order valence-electron chi connectivity index (χ2n) is 5.87. The van der Waals surface area contributed by atoms with Crippen LogP contribution >= 0.6 is 11.6 Å². The molecule has 1 saturated carbocycles. The van der Waals surface area contributed by atoms with Crippen molar-refractivity contribution in [3.8, 4) is 6.07 Å². The van der Waals surface area contributed by atoms with Gasteiger partial charge in [0.05, 0.1) is 16.4 Å². The summed E-state index contributed by atoms with van der Waals surface area (Å²) >= 11 is 5.85.